The summed E-state index contributed by atoms with van der Waals surface area (Å²) in [5, 5.41) is 0.339. The van der Waals surface area contributed by atoms with Gasteiger partial charge >= 0.3 is 0 Å². The molecule has 0 N–H and O–H groups in total. The van der Waals surface area contributed by atoms with Crippen molar-refractivity contribution in [3.63, 3.8) is 0 Å². The van der Waals surface area contributed by atoms with Gasteiger partial charge in [-0.25, -0.2) is 14.4 Å². The van der Waals surface area contributed by atoms with Crippen LogP contribution in [0.1, 0.15) is 5.82 Å². The topological polar surface area (TPSA) is 35.0 Å². The lowest BCUT2D eigenvalue weighted by molar-refractivity contribution is 0.178. The number of aromatic nitrogens is 2. The Morgan fingerprint density at radius 3 is 2.59 bits per heavy atom. The molecule has 1 aromatic heterocycles. The maximum atomic E-state index is 12.8. The Kier molecular flexibility index (Phi) is 3.66. The fourth-order valence-electron chi connectivity index (χ4n) is 1.43. The van der Waals surface area contributed by atoms with Gasteiger partial charge in [0.25, 0.3) is 0 Å². The highest BCUT2D eigenvalue weighted by Crippen LogP contribution is 2.20. The largest absolute Gasteiger partial charge is 0.377 e. The van der Waals surface area contributed by atoms with Gasteiger partial charge in [-0.1, -0.05) is 11.6 Å². The quantitative estimate of drug-likeness (QED) is 0.788. The van der Waals surface area contributed by atoms with Gasteiger partial charge in [0, 0.05) is 18.7 Å². The smallest absolute Gasteiger partial charge is 0.156 e. The Balaban J connectivity index is 2.40. The summed E-state index contributed by atoms with van der Waals surface area (Å²) >= 11 is 5.89. The molecule has 0 amide bonds. The molecular weight excluding hydrogens is 243 g/mol. The summed E-state index contributed by atoms with van der Waals surface area (Å²) in [4.78, 5) is 8.30. The Morgan fingerprint density at radius 2 is 1.94 bits per heavy atom. The van der Waals surface area contributed by atoms with E-state index in [-0.39, 0.29) is 12.4 Å². The molecule has 0 aliphatic carbocycles. The zero-order valence-electron chi connectivity index (χ0n) is 9.15. The molecule has 17 heavy (non-hydrogen) atoms. The highest BCUT2D eigenvalue weighted by Gasteiger charge is 2.05. The van der Waals surface area contributed by atoms with Crippen LogP contribution >= 0.6 is 11.6 Å². The molecule has 0 fully saturated rings. The zero-order valence-corrected chi connectivity index (χ0v) is 9.91. The first kappa shape index (κ1) is 12.0. The first-order valence-corrected chi connectivity index (χ1v) is 5.35. The molecule has 0 aliphatic heterocycles. The second kappa shape index (κ2) is 5.21. The lowest BCUT2D eigenvalue weighted by Gasteiger charge is -2.04. The van der Waals surface area contributed by atoms with Gasteiger partial charge in [0.05, 0.1) is 5.69 Å². The molecule has 0 radical (unpaired) electrons. The van der Waals surface area contributed by atoms with Crippen LogP contribution in [0.25, 0.3) is 11.3 Å². The molecule has 0 atom stereocenters. The van der Waals surface area contributed by atoms with E-state index in [2.05, 4.69) is 9.97 Å². The molecule has 2 rings (SSSR count). The molecule has 88 valence electrons. The lowest BCUT2D eigenvalue weighted by atomic mass is 10.1. The Labute approximate surface area is 103 Å². The molecule has 5 heteroatoms. The van der Waals surface area contributed by atoms with E-state index in [1.54, 1.807) is 25.3 Å². The molecule has 2 aromatic rings. The SMILES string of the molecule is COCc1nc(Cl)cc(-c2ccc(F)cc2)n1. The van der Waals surface area contributed by atoms with Gasteiger partial charge in [-0.05, 0) is 24.3 Å². The van der Waals surface area contributed by atoms with E-state index in [1.807, 2.05) is 0 Å². The van der Waals surface area contributed by atoms with Crippen LogP contribution in [0, 0.1) is 5.82 Å². The summed E-state index contributed by atoms with van der Waals surface area (Å²) in [5.41, 5.74) is 1.44. The van der Waals surface area contributed by atoms with E-state index in [0.29, 0.717) is 16.7 Å². The first-order chi connectivity index (χ1) is 8.19. The van der Waals surface area contributed by atoms with Gasteiger partial charge < -0.3 is 4.74 Å². The minimum absolute atomic E-state index is 0.286. The molecule has 3 nitrogen and oxygen atoms in total. The van der Waals surface area contributed by atoms with Crippen LogP contribution in [0.15, 0.2) is 30.3 Å². The number of methoxy groups -OCH3 is 1. The number of rotatable bonds is 3. The molecule has 1 heterocycles. The predicted octanol–water partition coefficient (Wildman–Crippen LogP) is 3.08. The third kappa shape index (κ3) is 2.99. The van der Waals surface area contributed by atoms with Gasteiger partial charge in [0.1, 0.15) is 17.6 Å². The van der Waals surface area contributed by atoms with Crippen molar-refractivity contribution in [2.45, 2.75) is 6.61 Å². The fraction of sp³-hybridized carbons (Fsp3) is 0.167. The summed E-state index contributed by atoms with van der Waals surface area (Å²) in [6, 6.07) is 7.67. The van der Waals surface area contributed by atoms with E-state index in [0.717, 1.165) is 5.56 Å². The summed E-state index contributed by atoms with van der Waals surface area (Å²) in [6.07, 6.45) is 0. The van der Waals surface area contributed by atoms with Gasteiger partial charge in [-0.3, -0.25) is 0 Å². The molecule has 0 unspecified atom stereocenters. The van der Waals surface area contributed by atoms with Crippen molar-refractivity contribution in [2.75, 3.05) is 7.11 Å². The Morgan fingerprint density at radius 1 is 1.24 bits per heavy atom. The molecule has 0 aliphatic rings. The van der Waals surface area contributed by atoms with Crippen LogP contribution in [-0.2, 0) is 11.3 Å². The van der Waals surface area contributed by atoms with Crippen molar-refractivity contribution < 1.29 is 9.13 Å². The molecule has 0 saturated carbocycles. The third-order valence-corrected chi connectivity index (χ3v) is 2.35. The first-order valence-electron chi connectivity index (χ1n) is 4.97. The minimum atomic E-state index is -0.286. The Bertz CT molecular complexity index is 516. The highest BCUT2D eigenvalue weighted by atomic mass is 35.5. The number of benzene rings is 1. The zero-order chi connectivity index (χ0) is 12.3. The van der Waals surface area contributed by atoms with Crippen molar-refractivity contribution in [1.29, 1.82) is 0 Å². The van der Waals surface area contributed by atoms with Crippen molar-refractivity contribution in [3.05, 3.63) is 47.1 Å². The summed E-state index contributed by atoms with van der Waals surface area (Å²) in [6.45, 7) is 0.286. The van der Waals surface area contributed by atoms with Crippen LogP contribution in [0.5, 0.6) is 0 Å². The normalized spacial score (nSPS) is 10.5. The van der Waals surface area contributed by atoms with Crippen molar-refractivity contribution in [2.24, 2.45) is 0 Å². The molecule has 0 spiro atoms. The summed E-state index contributed by atoms with van der Waals surface area (Å²) in [5.74, 6) is 0.213. The molecular formula is C12H10ClFN2O. The maximum Gasteiger partial charge on any atom is 0.156 e. The maximum absolute atomic E-state index is 12.8. The number of ether oxygens (including phenoxy) is 1. The molecule has 0 saturated heterocycles. The summed E-state index contributed by atoms with van der Waals surface area (Å²) < 4.78 is 17.8. The van der Waals surface area contributed by atoms with Crippen LogP contribution in [0.2, 0.25) is 5.15 Å². The highest BCUT2D eigenvalue weighted by molar-refractivity contribution is 6.29. The molecule has 0 bridgehead atoms. The number of nitrogens with zero attached hydrogens (tertiary/aromatic N) is 2. The van der Waals surface area contributed by atoms with Crippen LogP contribution < -0.4 is 0 Å². The van der Waals surface area contributed by atoms with Crippen molar-refractivity contribution in [1.82, 2.24) is 9.97 Å². The number of hydrogen-bond donors (Lipinski definition) is 0. The van der Waals surface area contributed by atoms with E-state index < -0.39 is 0 Å². The second-order valence-electron chi connectivity index (χ2n) is 3.43. The standard InChI is InChI=1S/C12H10ClFN2O/c1-17-7-12-15-10(6-11(13)16-12)8-2-4-9(14)5-3-8/h2-6H,7H2,1H3. The lowest BCUT2D eigenvalue weighted by Crippen LogP contribution is -1.98. The van der Waals surface area contributed by atoms with Crippen molar-refractivity contribution >= 4 is 11.6 Å². The van der Waals surface area contributed by atoms with E-state index >= 15 is 0 Å². The van der Waals surface area contributed by atoms with Gasteiger partial charge in [0.15, 0.2) is 5.82 Å². The van der Waals surface area contributed by atoms with Crippen LogP contribution in [0.4, 0.5) is 4.39 Å². The number of hydrogen-bond acceptors (Lipinski definition) is 3. The van der Waals surface area contributed by atoms with Gasteiger partial charge in [-0.15, -0.1) is 0 Å². The van der Waals surface area contributed by atoms with Gasteiger partial charge in [0.2, 0.25) is 0 Å². The summed E-state index contributed by atoms with van der Waals surface area (Å²) in [7, 11) is 1.56. The second-order valence-corrected chi connectivity index (χ2v) is 3.82. The average molecular weight is 253 g/mol. The number of halogens is 2. The fourth-order valence-corrected chi connectivity index (χ4v) is 1.63. The van der Waals surface area contributed by atoms with E-state index in [9.17, 15) is 4.39 Å². The Hall–Kier alpha value is -1.52. The van der Waals surface area contributed by atoms with Crippen molar-refractivity contribution in [3.8, 4) is 11.3 Å². The van der Waals surface area contributed by atoms with E-state index in [4.69, 9.17) is 16.3 Å². The average Bonchev–Trinajstić information content (AvgIpc) is 2.29. The van der Waals surface area contributed by atoms with Gasteiger partial charge in [-0.2, -0.15) is 0 Å². The third-order valence-electron chi connectivity index (χ3n) is 2.15. The monoisotopic (exact) mass is 252 g/mol. The minimum Gasteiger partial charge on any atom is -0.377 e. The molecule has 1 aromatic carbocycles. The predicted molar refractivity (Wildman–Crippen MR) is 63.1 cm³/mol. The van der Waals surface area contributed by atoms with Crippen LogP contribution in [-0.4, -0.2) is 17.1 Å². The van der Waals surface area contributed by atoms with E-state index in [1.165, 1.54) is 12.1 Å². The van der Waals surface area contributed by atoms with Crippen LogP contribution in [0.3, 0.4) is 0 Å².